The van der Waals surface area contributed by atoms with Crippen molar-refractivity contribution in [3.8, 4) is 5.75 Å². The van der Waals surface area contributed by atoms with E-state index in [-0.39, 0.29) is 11.3 Å². The molecule has 0 bridgehead atoms. The maximum atomic E-state index is 11.3. The summed E-state index contributed by atoms with van der Waals surface area (Å²) in [6.45, 7) is 0. The summed E-state index contributed by atoms with van der Waals surface area (Å²) in [7, 11) is 1.41. The number of carbonyl (C=O) groups excluding carboxylic acids is 1. The average molecular weight is 245 g/mol. The van der Waals surface area contributed by atoms with Gasteiger partial charge in [0, 0.05) is 12.4 Å². The molecule has 5 nitrogen and oxygen atoms in total. The summed E-state index contributed by atoms with van der Waals surface area (Å²) in [6.07, 6.45) is -0.700. The Morgan fingerprint density at radius 1 is 1.17 bits per heavy atom. The molecule has 0 saturated carbocycles. The first-order chi connectivity index (χ1) is 8.63. The van der Waals surface area contributed by atoms with E-state index in [9.17, 15) is 9.59 Å². The third-order valence-corrected chi connectivity index (χ3v) is 2.51. The largest absolute Gasteiger partial charge is 0.478 e. The minimum Gasteiger partial charge on any atom is -0.478 e. The molecule has 1 amide bonds. The Bertz CT molecular complexity index is 621. The minimum absolute atomic E-state index is 0.0442. The van der Waals surface area contributed by atoms with Gasteiger partial charge in [-0.25, -0.2) is 9.59 Å². The van der Waals surface area contributed by atoms with Crippen LogP contribution in [-0.2, 0) is 0 Å². The predicted molar refractivity (Wildman–Crippen MR) is 66.0 cm³/mol. The van der Waals surface area contributed by atoms with E-state index in [0.717, 1.165) is 5.39 Å². The first-order valence-corrected chi connectivity index (χ1v) is 5.28. The molecular formula is C13H11NO4. The van der Waals surface area contributed by atoms with Crippen molar-refractivity contribution in [2.45, 2.75) is 0 Å². The number of carboxylic acids is 1. The third-order valence-electron chi connectivity index (χ3n) is 2.51. The van der Waals surface area contributed by atoms with Crippen LogP contribution in [0.15, 0.2) is 36.4 Å². The molecule has 0 fully saturated rings. The smallest absolute Gasteiger partial charge is 0.412 e. The molecule has 0 aromatic heterocycles. The number of aromatic carboxylic acids is 1. The zero-order valence-electron chi connectivity index (χ0n) is 9.64. The van der Waals surface area contributed by atoms with Crippen LogP contribution in [0.4, 0.5) is 4.79 Å². The van der Waals surface area contributed by atoms with Crippen LogP contribution in [0.3, 0.4) is 0 Å². The molecule has 0 aliphatic rings. The fourth-order valence-electron chi connectivity index (χ4n) is 1.67. The first-order valence-electron chi connectivity index (χ1n) is 5.28. The van der Waals surface area contributed by atoms with Crippen LogP contribution in [0.1, 0.15) is 10.4 Å². The molecule has 2 aromatic carbocycles. The summed E-state index contributed by atoms with van der Waals surface area (Å²) in [4.78, 5) is 22.4. The highest BCUT2D eigenvalue weighted by atomic mass is 16.6. The normalized spacial score (nSPS) is 10.1. The minimum atomic E-state index is -1.14. The van der Waals surface area contributed by atoms with E-state index < -0.39 is 12.1 Å². The topological polar surface area (TPSA) is 75.6 Å². The predicted octanol–water partition coefficient (Wildman–Crippen LogP) is 2.26. The van der Waals surface area contributed by atoms with Crippen LogP contribution in [0.25, 0.3) is 10.8 Å². The summed E-state index contributed by atoms with van der Waals surface area (Å²) in [5.41, 5.74) is -0.0442. The summed E-state index contributed by atoms with van der Waals surface area (Å²) in [5.74, 6) is -1.08. The quantitative estimate of drug-likeness (QED) is 0.850. The van der Waals surface area contributed by atoms with Crippen molar-refractivity contribution in [1.82, 2.24) is 5.32 Å². The van der Waals surface area contributed by atoms with Crippen LogP contribution in [0.2, 0.25) is 0 Å². The van der Waals surface area contributed by atoms with Crippen LogP contribution < -0.4 is 10.1 Å². The van der Waals surface area contributed by atoms with Crippen molar-refractivity contribution in [2.75, 3.05) is 7.05 Å². The molecule has 0 saturated heterocycles. The Morgan fingerprint density at radius 3 is 2.56 bits per heavy atom. The van der Waals surface area contributed by atoms with Crippen molar-refractivity contribution in [1.29, 1.82) is 0 Å². The fourth-order valence-corrected chi connectivity index (χ4v) is 1.67. The number of hydrogen-bond donors (Lipinski definition) is 2. The zero-order valence-corrected chi connectivity index (χ0v) is 9.64. The lowest BCUT2D eigenvalue weighted by Crippen LogP contribution is -2.23. The second-order valence-corrected chi connectivity index (χ2v) is 3.61. The van der Waals surface area contributed by atoms with Gasteiger partial charge in [-0.1, -0.05) is 30.3 Å². The fraction of sp³-hybridized carbons (Fsp3) is 0.0769. The second kappa shape index (κ2) is 4.75. The number of nitrogens with one attached hydrogen (secondary N) is 1. The molecule has 18 heavy (non-hydrogen) atoms. The number of benzene rings is 2. The van der Waals surface area contributed by atoms with E-state index in [0.29, 0.717) is 5.39 Å². The van der Waals surface area contributed by atoms with Crippen LogP contribution in [0, 0.1) is 0 Å². The number of amides is 1. The molecule has 0 spiro atoms. The Hall–Kier alpha value is -2.56. The van der Waals surface area contributed by atoms with E-state index in [4.69, 9.17) is 9.84 Å². The van der Waals surface area contributed by atoms with Crippen molar-refractivity contribution >= 4 is 22.8 Å². The van der Waals surface area contributed by atoms with Crippen LogP contribution >= 0.6 is 0 Å². The van der Waals surface area contributed by atoms with Crippen molar-refractivity contribution in [3.63, 3.8) is 0 Å². The second-order valence-electron chi connectivity index (χ2n) is 3.61. The molecule has 5 heteroatoms. The number of carboxylic acid groups (broad SMARTS) is 1. The maximum absolute atomic E-state index is 11.3. The maximum Gasteiger partial charge on any atom is 0.412 e. The highest BCUT2D eigenvalue weighted by Crippen LogP contribution is 2.30. The van der Waals surface area contributed by atoms with Crippen molar-refractivity contribution in [3.05, 3.63) is 42.0 Å². The lowest BCUT2D eigenvalue weighted by molar-refractivity contribution is 0.0694. The molecule has 0 heterocycles. The molecule has 2 rings (SSSR count). The standard InChI is InChI=1S/C13H11NO4/c1-14-13(17)18-11-9-5-3-2-4-8(9)6-7-10(11)12(15)16/h2-7H,1H3,(H,14,17)(H,15,16). The van der Waals surface area contributed by atoms with Gasteiger partial charge in [-0.15, -0.1) is 0 Å². The molecule has 0 unspecified atom stereocenters. The average Bonchev–Trinajstić information content (AvgIpc) is 2.38. The first kappa shape index (κ1) is 11.9. The van der Waals surface area contributed by atoms with E-state index >= 15 is 0 Å². The molecular weight excluding hydrogens is 234 g/mol. The lowest BCUT2D eigenvalue weighted by atomic mass is 10.1. The van der Waals surface area contributed by atoms with Crippen LogP contribution in [-0.4, -0.2) is 24.2 Å². The van der Waals surface area contributed by atoms with E-state index in [1.54, 1.807) is 18.2 Å². The van der Waals surface area contributed by atoms with Gasteiger partial charge in [0.25, 0.3) is 0 Å². The summed E-state index contributed by atoms with van der Waals surface area (Å²) >= 11 is 0. The van der Waals surface area contributed by atoms with E-state index in [2.05, 4.69) is 5.32 Å². The SMILES string of the molecule is CNC(=O)Oc1c(C(=O)O)ccc2ccccc12. The number of ether oxygens (including phenoxy) is 1. The summed E-state index contributed by atoms with van der Waals surface area (Å²) in [5, 5.41) is 12.8. The number of hydrogen-bond acceptors (Lipinski definition) is 3. The van der Waals surface area contributed by atoms with Gasteiger partial charge in [0.1, 0.15) is 5.56 Å². The molecule has 92 valence electrons. The van der Waals surface area contributed by atoms with Crippen LogP contribution in [0.5, 0.6) is 5.75 Å². The zero-order chi connectivity index (χ0) is 13.1. The van der Waals surface area contributed by atoms with Crippen molar-refractivity contribution < 1.29 is 19.4 Å². The Labute approximate surface area is 103 Å². The summed E-state index contributed by atoms with van der Waals surface area (Å²) < 4.78 is 5.04. The Balaban J connectivity index is 2.66. The molecule has 0 aliphatic carbocycles. The van der Waals surface area contributed by atoms with Gasteiger partial charge in [-0.3, -0.25) is 0 Å². The van der Waals surface area contributed by atoms with E-state index in [1.807, 2.05) is 12.1 Å². The molecule has 0 aliphatic heterocycles. The highest BCUT2D eigenvalue weighted by Gasteiger charge is 2.17. The van der Waals surface area contributed by atoms with Gasteiger partial charge < -0.3 is 15.2 Å². The number of rotatable bonds is 2. The van der Waals surface area contributed by atoms with Gasteiger partial charge in [0.05, 0.1) is 0 Å². The van der Waals surface area contributed by atoms with Gasteiger partial charge in [0.2, 0.25) is 0 Å². The molecule has 2 N–H and O–H groups in total. The monoisotopic (exact) mass is 245 g/mol. The number of carbonyl (C=O) groups is 2. The Kier molecular flexibility index (Phi) is 3.14. The molecule has 0 radical (unpaired) electrons. The van der Waals surface area contributed by atoms with E-state index in [1.165, 1.54) is 13.1 Å². The molecule has 0 atom stereocenters. The lowest BCUT2D eigenvalue weighted by Gasteiger charge is -2.10. The van der Waals surface area contributed by atoms with Gasteiger partial charge >= 0.3 is 12.1 Å². The third kappa shape index (κ3) is 2.10. The van der Waals surface area contributed by atoms with Gasteiger partial charge in [-0.05, 0) is 11.5 Å². The van der Waals surface area contributed by atoms with Gasteiger partial charge in [-0.2, -0.15) is 0 Å². The number of fused-ring (bicyclic) bond motifs is 1. The van der Waals surface area contributed by atoms with Gasteiger partial charge in [0.15, 0.2) is 5.75 Å². The summed E-state index contributed by atoms with van der Waals surface area (Å²) in [6, 6.07) is 10.2. The van der Waals surface area contributed by atoms with Crippen molar-refractivity contribution in [2.24, 2.45) is 0 Å². The molecule has 2 aromatic rings. The highest BCUT2D eigenvalue weighted by molar-refractivity contribution is 6.01. The Morgan fingerprint density at radius 2 is 1.89 bits per heavy atom.